The molecule has 5 nitrogen and oxygen atoms in total. The van der Waals surface area contributed by atoms with Crippen molar-refractivity contribution in [1.29, 1.82) is 0 Å². The number of unbranched alkanes of at least 4 members (excludes halogenated alkanes) is 1. The van der Waals surface area contributed by atoms with Crippen LogP contribution < -0.4 is 10.5 Å². The van der Waals surface area contributed by atoms with Crippen LogP contribution in [0.25, 0.3) is 0 Å². The molecule has 0 spiro atoms. The Kier molecular flexibility index (Phi) is 7.53. The minimum absolute atomic E-state index is 0.0932. The molecule has 0 saturated heterocycles. The molecule has 118 valence electrons. The van der Waals surface area contributed by atoms with Crippen molar-refractivity contribution in [3.63, 3.8) is 0 Å². The Hall–Kier alpha value is -1.27. The maximum Gasteiger partial charge on any atom is 0.231 e. The van der Waals surface area contributed by atoms with E-state index in [1.807, 2.05) is 17.9 Å². The van der Waals surface area contributed by atoms with Gasteiger partial charge in [0.15, 0.2) is 11.5 Å². The number of rotatable bonds is 9. The fourth-order valence-electron chi connectivity index (χ4n) is 2.06. The number of primary amides is 1. The van der Waals surface area contributed by atoms with Crippen molar-refractivity contribution >= 4 is 21.8 Å². The van der Waals surface area contributed by atoms with Gasteiger partial charge in [-0.2, -0.15) is 0 Å². The number of ether oxygens (including phenoxy) is 1. The van der Waals surface area contributed by atoms with Crippen molar-refractivity contribution in [2.75, 3.05) is 19.7 Å². The van der Waals surface area contributed by atoms with E-state index >= 15 is 0 Å². The van der Waals surface area contributed by atoms with E-state index in [0.29, 0.717) is 23.4 Å². The molecule has 0 unspecified atom stereocenters. The second-order valence-electron chi connectivity index (χ2n) is 4.89. The third-order valence-electron chi connectivity index (χ3n) is 3.00. The largest absolute Gasteiger partial charge is 0.503 e. The SMILES string of the molecule is CCCCN(CC(N)=O)Cc1cc(Br)c(O)c(OCC)c1. The van der Waals surface area contributed by atoms with Crippen LogP contribution in [0, 0.1) is 0 Å². The van der Waals surface area contributed by atoms with Crippen LogP contribution in [0.15, 0.2) is 16.6 Å². The summed E-state index contributed by atoms with van der Waals surface area (Å²) in [5, 5.41) is 9.91. The smallest absolute Gasteiger partial charge is 0.231 e. The molecule has 6 heteroatoms. The molecule has 0 atom stereocenters. The first-order chi connectivity index (χ1) is 9.97. The topological polar surface area (TPSA) is 75.8 Å². The second-order valence-corrected chi connectivity index (χ2v) is 5.74. The van der Waals surface area contributed by atoms with Gasteiger partial charge in [0, 0.05) is 6.54 Å². The fraction of sp³-hybridized carbons (Fsp3) is 0.533. The lowest BCUT2D eigenvalue weighted by molar-refractivity contribution is -0.119. The standard InChI is InChI=1S/C15H23BrN2O3/c1-3-5-6-18(10-14(17)19)9-11-7-12(16)15(20)13(8-11)21-4-2/h7-8,20H,3-6,9-10H2,1-2H3,(H2,17,19). The number of nitrogens with zero attached hydrogens (tertiary/aromatic N) is 1. The first kappa shape index (κ1) is 17.8. The van der Waals surface area contributed by atoms with Crippen LogP contribution in [0.2, 0.25) is 0 Å². The Morgan fingerprint density at radius 2 is 2.14 bits per heavy atom. The Bertz CT molecular complexity index is 480. The average molecular weight is 359 g/mol. The van der Waals surface area contributed by atoms with Crippen molar-refractivity contribution in [2.45, 2.75) is 33.2 Å². The van der Waals surface area contributed by atoms with Gasteiger partial charge in [-0.3, -0.25) is 9.69 Å². The highest BCUT2D eigenvalue weighted by Gasteiger charge is 2.13. The summed E-state index contributed by atoms with van der Waals surface area (Å²) < 4.78 is 5.99. The van der Waals surface area contributed by atoms with Gasteiger partial charge in [-0.05, 0) is 53.5 Å². The van der Waals surface area contributed by atoms with Crippen LogP contribution in [-0.2, 0) is 11.3 Å². The highest BCUT2D eigenvalue weighted by Crippen LogP contribution is 2.35. The quantitative estimate of drug-likeness (QED) is 0.711. The molecule has 0 radical (unpaired) electrons. The lowest BCUT2D eigenvalue weighted by Gasteiger charge is -2.21. The summed E-state index contributed by atoms with van der Waals surface area (Å²) >= 11 is 3.32. The molecule has 1 rings (SSSR count). The predicted octanol–water partition coefficient (Wildman–Crippen LogP) is 2.64. The molecule has 21 heavy (non-hydrogen) atoms. The molecular weight excluding hydrogens is 336 g/mol. The van der Waals surface area contributed by atoms with Gasteiger partial charge in [0.05, 0.1) is 17.6 Å². The van der Waals surface area contributed by atoms with Gasteiger partial charge >= 0.3 is 0 Å². The predicted molar refractivity (Wildman–Crippen MR) is 86.4 cm³/mol. The van der Waals surface area contributed by atoms with Gasteiger partial charge in [0.1, 0.15) is 0 Å². The minimum atomic E-state index is -0.339. The first-order valence-electron chi connectivity index (χ1n) is 7.12. The van der Waals surface area contributed by atoms with Crippen molar-refractivity contribution in [1.82, 2.24) is 4.90 Å². The summed E-state index contributed by atoms with van der Waals surface area (Å²) in [5.74, 6) is 0.195. The summed E-state index contributed by atoms with van der Waals surface area (Å²) in [6, 6.07) is 3.63. The summed E-state index contributed by atoms with van der Waals surface area (Å²) in [7, 11) is 0. The van der Waals surface area contributed by atoms with E-state index < -0.39 is 0 Å². The highest BCUT2D eigenvalue weighted by molar-refractivity contribution is 9.10. The Labute approximate surface area is 134 Å². The van der Waals surface area contributed by atoms with Crippen LogP contribution >= 0.6 is 15.9 Å². The van der Waals surface area contributed by atoms with Crippen LogP contribution in [0.4, 0.5) is 0 Å². The Morgan fingerprint density at radius 1 is 1.43 bits per heavy atom. The average Bonchev–Trinajstić information content (AvgIpc) is 2.41. The van der Waals surface area contributed by atoms with E-state index in [1.54, 1.807) is 6.07 Å². The molecule has 0 bridgehead atoms. The van der Waals surface area contributed by atoms with Crippen LogP contribution in [0.5, 0.6) is 11.5 Å². The second kappa shape index (κ2) is 8.89. The van der Waals surface area contributed by atoms with E-state index in [9.17, 15) is 9.90 Å². The molecule has 0 heterocycles. The minimum Gasteiger partial charge on any atom is -0.503 e. The number of phenols is 1. The molecule has 3 N–H and O–H groups in total. The van der Waals surface area contributed by atoms with E-state index in [4.69, 9.17) is 10.5 Å². The first-order valence-corrected chi connectivity index (χ1v) is 7.92. The van der Waals surface area contributed by atoms with Gasteiger partial charge in [-0.25, -0.2) is 0 Å². The summed E-state index contributed by atoms with van der Waals surface area (Å²) in [6.45, 7) is 6.06. The van der Waals surface area contributed by atoms with E-state index in [2.05, 4.69) is 22.9 Å². The van der Waals surface area contributed by atoms with Crippen molar-refractivity contribution in [3.05, 3.63) is 22.2 Å². The molecule has 1 aromatic rings. The van der Waals surface area contributed by atoms with Gasteiger partial charge < -0.3 is 15.6 Å². The number of aromatic hydroxyl groups is 1. The lowest BCUT2D eigenvalue weighted by atomic mass is 10.1. The third kappa shape index (κ3) is 5.93. The van der Waals surface area contributed by atoms with Crippen molar-refractivity contribution in [3.8, 4) is 11.5 Å². The number of carbonyl (C=O) groups excluding carboxylic acids is 1. The maximum atomic E-state index is 11.2. The summed E-state index contributed by atoms with van der Waals surface area (Å²) in [5.41, 5.74) is 6.25. The van der Waals surface area contributed by atoms with Crippen LogP contribution in [0.1, 0.15) is 32.3 Å². The molecule has 0 fully saturated rings. The van der Waals surface area contributed by atoms with Gasteiger partial charge in [-0.15, -0.1) is 0 Å². The molecule has 1 aromatic carbocycles. The normalized spacial score (nSPS) is 10.9. The number of benzene rings is 1. The molecule has 0 aliphatic rings. The maximum absolute atomic E-state index is 11.2. The molecular formula is C15H23BrN2O3. The van der Waals surface area contributed by atoms with Crippen LogP contribution in [-0.4, -0.2) is 35.6 Å². The zero-order valence-electron chi connectivity index (χ0n) is 12.6. The zero-order chi connectivity index (χ0) is 15.8. The van der Waals surface area contributed by atoms with E-state index in [-0.39, 0.29) is 18.2 Å². The monoisotopic (exact) mass is 358 g/mol. The number of phenolic OH excluding ortho intramolecular Hbond substituents is 1. The highest BCUT2D eigenvalue weighted by atomic mass is 79.9. The number of halogens is 1. The van der Waals surface area contributed by atoms with Crippen LogP contribution in [0.3, 0.4) is 0 Å². The van der Waals surface area contributed by atoms with Crippen molar-refractivity contribution in [2.24, 2.45) is 5.73 Å². The fourth-order valence-corrected chi connectivity index (χ4v) is 2.55. The number of nitrogens with two attached hydrogens (primary N) is 1. The summed E-state index contributed by atoms with van der Waals surface area (Å²) in [6.07, 6.45) is 2.06. The third-order valence-corrected chi connectivity index (χ3v) is 3.61. The molecule has 0 saturated carbocycles. The van der Waals surface area contributed by atoms with E-state index in [1.165, 1.54) is 0 Å². The number of carbonyl (C=O) groups is 1. The Morgan fingerprint density at radius 3 is 2.71 bits per heavy atom. The van der Waals surface area contributed by atoms with Gasteiger partial charge in [0.2, 0.25) is 5.91 Å². The van der Waals surface area contributed by atoms with Gasteiger partial charge in [-0.1, -0.05) is 13.3 Å². The molecule has 0 aliphatic heterocycles. The van der Waals surface area contributed by atoms with Crippen molar-refractivity contribution < 1.29 is 14.6 Å². The van der Waals surface area contributed by atoms with Gasteiger partial charge in [0.25, 0.3) is 0 Å². The Balaban J connectivity index is 2.88. The zero-order valence-corrected chi connectivity index (χ0v) is 14.1. The number of hydrogen-bond acceptors (Lipinski definition) is 4. The summed E-state index contributed by atoms with van der Waals surface area (Å²) in [4.78, 5) is 13.2. The number of amides is 1. The number of hydrogen-bond donors (Lipinski definition) is 2. The molecule has 1 amide bonds. The molecule has 0 aromatic heterocycles. The lowest BCUT2D eigenvalue weighted by Crippen LogP contribution is -2.34. The molecule has 0 aliphatic carbocycles. The van der Waals surface area contributed by atoms with E-state index in [0.717, 1.165) is 24.9 Å².